The Hall–Kier alpha value is -2.47. The number of aromatic nitrogens is 3. The zero-order valence-electron chi connectivity index (χ0n) is 12.7. The van der Waals surface area contributed by atoms with Gasteiger partial charge in [0.15, 0.2) is 11.6 Å². The summed E-state index contributed by atoms with van der Waals surface area (Å²) in [5.74, 6) is 1.24. The molecule has 0 saturated carbocycles. The molecule has 7 heteroatoms. The number of allylic oxidation sites excluding steroid dienone is 1. The van der Waals surface area contributed by atoms with E-state index in [1.165, 1.54) is 0 Å². The third kappa shape index (κ3) is 3.59. The molecule has 22 heavy (non-hydrogen) atoms. The Labute approximate surface area is 134 Å². The van der Waals surface area contributed by atoms with Gasteiger partial charge in [-0.25, -0.2) is 4.98 Å². The lowest BCUT2D eigenvalue weighted by Crippen LogP contribution is -2.04. The molecule has 0 fully saturated rings. The molecule has 1 aromatic carbocycles. The number of hydrogen-bond donors (Lipinski definition) is 2. The minimum Gasteiger partial charge on any atom is -0.494 e. The molecular formula is C15H18ClN5O. The van der Waals surface area contributed by atoms with Crippen LogP contribution in [0.2, 0.25) is 0 Å². The summed E-state index contributed by atoms with van der Waals surface area (Å²) in [6, 6.07) is 5.68. The van der Waals surface area contributed by atoms with Gasteiger partial charge in [0.2, 0.25) is 0 Å². The Morgan fingerprint density at radius 1 is 1.45 bits per heavy atom. The van der Waals surface area contributed by atoms with E-state index in [2.05, 4.69) is 27.3 Å². The van der Waals surface area contributed by atoms with Crippen molar-refractivity contribution >= 4 is 17.3 Å². The van der Waals surface area contributed by atoms with Gasteiger partial charge >= 0.3 is 0 Å². The fraction of sp³-hybridized carbons (Fsp3) is 0.200. The minimum atomic E-state index is 0.485. The maximum atomic E-state index is 5.93. The van der Waals surface area contributed by atoms with Gasteiger partial charge in [-0.05, 0) is 18.2 Å². The van der Waals surface area contributed by atoms with Crippen LogP contribution in [-0.4, -0.2) is 28.9 Å². The molecule has 1 aromatic heterocycles. The summed E-state index contributed by atoms with van der Waals surface area (Å²) >= 11 is 5.93. The smallest absolute Gasteiger partial charge is 0.184 e. The van der Waals surface area contributed by atoms with E-state index < -0.39 is 0 Å². The lowest BCUT2D eigenvalue weighted by atomic mass is 10.1. The number of rotatable bonds is 6. The molecule has 0 saturated heterocycles. The molecule has 2 aromatic rings. The normalized spacial score (nSPS) is 11.2. The highest BCUT2D eigenvalue weighted by Gasteiger charge is 2.14. The highest BCUT2D eigenvalue weighted by Crippen LogP contribution is 2.35. The Kier molecular flexibility index (Phi) is 5.06. The van der Waals surface area contributed by atoms with Crippen LogP contribution in [0.5, 0.6) is 5.75 Å². The molecule has 0 unspecified atom stereocenters. The minimum absolute atomic E-state index is 0.485. The summed E-state index contributed by atoms with van der Waals surface area (Å²) in [4.78, 5) is 4.26. The van der Waals surface area contributed by atoms with Gasteiger partial charge in [-0.2, -0.15) is 5.10 Å². The third-order valence-electron chi connectivity index (χ3n) is 2.89. The van der Waals surface area contributed by atoms with E-state index in [-0.39, 0.29) is 0 Å². The van der Waals surface area contributed by atoms with E-state index in [1.54, 1.807) is 31.2 Å². The average Bonchev–Trinajstić information content (AvgIpc) is 2.93. The van der Waals surface area contributed by atoms with Gasteiger partial charge in [0.05, 0.1) is 18.4 Å². The second-order valence-electron chi connectivity index (χ2n) is 4.52. The summed E-state index contributed by atoms with van der Waals surface area (Å²) in [5.41, 5.74) is 2.18. The molecule has 0 aliphatic rings. The number of benzene rings is 1. The zero-order valence-corrected chi connectivity index (χ0v) is 13.5. The first-order chi connectivity index (χ1) is 10.5. The van der Waals surface area contributed by atoms with Crippen LogP contribution in [0.3, 0.4) is 0 Å². The van der Waals surface area contributed by atoms with E-state index in [4.69, 9.17) is 16.3 Å². The van der Waals surface area contributed by atoms with Crippen molar-refractivity contribution in [1.82, 2.24) is 20.1 Å². The summed E-state index contributed by atoms with van der Waals surface area (Å²) in [6.45, 7) is 3.92. The summed E-state index contributed by atoms with van der Waals surface area (Å²) < 4.78 is 7.15. The van der Waals surface area contributed by atoms with Crippen LogP contribution in [0.25, 0.3) is 11.4 Å². The van der Waals surface area contributed by atoms with Crippen molar-refractivity contribution in [3.8, 4) is 17.1 Å². The monoisotopic (exact) mass is 319 g/mol. The Morgan fingerprint density at radius 3 is 2.82 bits per heavy atom. The van der Waals surface area contributed by atoms with Crippen LogP contribution in [0.15, 0.2) is 48.0 Å². The van der Waals surface area contributed by atoms with Gasteiger partial charge < -0.3 is 15.4 Å². The number of halogens is 1. The number of methoxy groups -OCH3 is 1. The average molecular weight is 320 g/mol. The van der Waals surface area contributed by atoms with Crippen molar-refractivity contribution in [2.45, 2.75) is 0 Å². The van der Waals surface area contributed by atoms with E-state index in [0.717, 1.165) is 11.3 Å². The van der Waals surface area contributed by atoms with Gasteiger partial charge in [0, 0.05) is 19.8 Å². The van der Waals surface area contributed by atoms with Crippen LogP contribution in [-0.2, 0) is 7.05 Å². The molecule has 116 valence electrons. The molecule has 0 amide bonds. The van der Waals surface area contributed by atoms with Crippen molar-refractivity contribution in [2.75, 3.05) is 19.5 Å². The summed E-state index contributed by atoms with van der Waals surface area (Å²) in [7, 11) is 5.16. The standard InChI is InChI=1S/C15H18ClN5O/c1-10(8-13(16)17-2)19-12-7-5-6-11(14(12)22-4)15-18-9-21(3)20-15/h5-9,17,19H,1H2,2-4H3/b13-8-. The first kappa shape index (κ1) is 15.9. The number of nitrogens with zero attached hydrogens (tertiary/aromatic N) is 3. The van der Waals surface area contributed by atoms with Crippen LogP contribution in [0.1, 0.15) is 0 Å². The van der Waals surface area contributed by atoms with Gasteiger partial charge in [-0.3, -0.25) is 4.68 Å². The molecule has 0 aliphatic carbocycles. The highest BCUT2D eigenvalue weighted by molar-refractivity contribution is 6.29. The topological polar surface area (TPSA) is 64.0 Å². The molecule has 2 rings (SSSR count). The number of nitrogens with one attached hydrogen (secondary N) is 2. The quantitative estimate of drug-likeness (QED) is 0.633. The largest absolute Gasteiger partial charge is 0.494 e. The Morgan fingerprint density at radius 2 is 2.23 bits per heavy atom. The molecule has 0 spiro atoms. The van der Waals surface area contributed by atoms with Gasteiger partial charge in [0.1, 0.15) is 11.5 Å². The molecular weight excluding hydrogens is 302 g/mol. The number of para-hydroxylation sites is 1. The molecule has 0 atom stereocenters. The van der Waals surface area contributed by atoms with Gasteiger partial charge in [0.25, 0.3) is 0 Å². The van der Waals surface area contributed by atoms with Crippen molar-refractivity contribution < 1.29 is 4.74 Å². The second kappa shape index (κ2) is 7.00. The van der Waals surface area contributed by atoms with Crippen molar-refractivity contribution in [1.29, 1.82) is 0 Å². The van der Waals surface area contributed by atoms with E-state index in [0.29, 0.717) is 22.4 Å². The van der Waals surface area contributed by atoms with Crippen LogP contribution >= 0.6 is 11.6 Å². The third-order valence-corrected chi connectivity index (χ3v) is 3.19. The number of hydrogen-bond acceptors (Lipinski definition) is 5. The van der Waals surface area contributed by atoms with Gasteiger partial charge in [-0.15, -0.1) is 0 Å². The van der Waals surface area contributed by atoms with Crippen LogP contribution in [0, 0.1) is 0 Å². The number of anilines is 1. The molecule has 0 aliphatic heterocycles. The molecule has 1 heterocycles. The van der Waals surface area contributed by atoms with E-state index in [9.17, 15) is 0 Å². The first-order valence-corrected chi connectivity index (χ1v) is 6.97. The number of aryl methyl sites for hydroxylation is 1. The maximum absolute atomic E-state index is 5.93. The van der Waals surface area contributed by atoms with Crippen molar-refractivity contribution in [3.05, 3.63) is 48.0 Å². The second-order valence-corrected chi connectivity index (χ2v) is 4.93. The fourth-order valence-corrected chi connectivity index (χ4v) is 2.06. The van der Waals surface area contributed by atoms with Crippen LogP contribution in [0.4, 0.5) is 5.69 Å². The Bertz CT molecular complexity index is 708. The van der Waals surface area contributed by atoms with E-state index >= 15 is 0 Å². The molecule has 2 N–H and O–H groups in total. The molecule has 0 bridgehead atoms. The lowest BCUT2D eigenvalue weighted by Gasteiger charge is -2.14. The first-order valence-electron chi connectivity index (χ1n) is 6.59. The maximum Gasteiger partial charge on any atom is 0.184 e. The van der Waals surface area contributed by atoms with Gasteiger partial charge in [-0.1, -0.05) is 24.2 Å². The zero-order chi connectivity index (χ0) is 16.1. The molecule has 6 nitrogen and oxygen atoms in total. The molecule has 0 radical (unpaired) electrons. The van der Waals surface area contributed by atoms with Crippen LogP contribution < -0.4 is 15.4 Å². The summed E-state index contributed by atoms with van der Waals surface area (Å²) in [5, 5.41) is 10.8. The SMILES string of the molecule is C=C(/C=C(/Cl)NC)Nc1cccc(-c2ncn(C)n2)c1OC. The predicted molar refractivity (Wildman–Crippen MR) is 88.7 cm³/mol. The highest BCUT2D eigenvalue weighted by atomic mass is 35.5. The Balaban J connectivity index is 2.35. The van der Waals surface area contributed by atoms with Crippen molar-refractivity contribution in [3.63, 3.8) is 0 Å². The fourth-order valence-electron chi connectivity index (χ4n) is 1.93. The lowest BCUT2D eigenvalue weighted by molar-refractivity contribution is 0.418. The van der Waals surface area contributed by atoms with Crippen molar-refractivity contribution in [2.24, 2.45) is 7.05 Å². The predicted octanol–water partition coefficient (Wildman–Crippen LogP) is 2.72. The van der Waals surface area contributed by atoms with E-state index in [1.807, 2.05) is 25.2 Å². The number of ether oxygens (including phenoxy) is 1. The summed E-state index contributed by atoms with van der Waals surface area (Å²) in [6.07, 6.45) is 3.33.